The summed E-state index contributed by atoms with van der Waals surface area (Å²) in [5.74, 6) is 0.105. The van der Waals surface area contributed by atoms with Gasteiger partial charge < -0.3 is 14.6 Å². The molecule has 1 saturated heterocycles. The van der Waals surface area contributed by atoms with Crippen molar-refractivity contribution in [1.29, 1.82) is 0 Å². The lowest BCUT2D eigenvalue weighted by atomic mass is 9.96. The summed E-state index contributed by atoms with van der Waals surface area (Å²) in [6.45, 7) is 7.67. The van der Waals surface area contributed by atoms with Crippen LogP contribution in [0.4, 0.5) is 0 Å². The molecule has 1 fully saturated rings. The number of aromatic nitrogens is 2. The fraction of sp³-hybridized carbons (Fsp3) is 0.526. The Kier molecular flexibility index (Phi) is 4.79. The Morgan fingerprint density at radius 3 is 2.88 bits per heavy atom. The molecule has 2 aromatic heterocycles. The summed E-state index contributed by atoms with van der Waals surface area (Å²) in [6.07, 6.45) is 5.27. The van der Waals surface area contributed by atoms with Gasteiger partial charge in [-0.25, -0.2) is 4.98 Å². The highest BCUT2D eigenvalue weighted by Crippen LogP contribution is 2.20. The van der Waals surface area contributed by atoms with E-state index in [9.17, 15) is 9.59 Å². The Bertz CT molecular complexity index is 742. The first-order valence-electron chi connectivity index (χ1n) is 8.80. The smallest absolute Gasteiger partial charge is 0.224 e. The molecule has 0 bridgehead atoms. The Morgan fingerprint density at radius 2 is 2.16 bits per heavy atom. The molecule has 6 nitrogen and oxygen atoms in total. The number of imidazole rings is 1. The predicted octanol–water partition coefficient (Wildman–Crippen LogP) is 2.03. The number of rotatable bonds is 5. The Balaban J connectivity index is 1.49. The molecule has 1 atom stereocenters. The van der Waals surface area contributed by atoms with Gasteiger partial charge in [0, 0.05) is 38.3 Å². The van der Waals surface area contributed by atoms with Gasteiger partial charge in [0.05, 0.1) is 11.7 Å². The molecule has 0 aliphatic carbocycles. The minimum Gasteiger partial charge on any atom is -0.351 e. The maximum atomic E-state index is 12.2. The number of carbonyl (C=O) groups excluding carboxylic acids is 2. The molecule has 1 aliphatic rings. The summed E-state index contributed by atoms with van der Waals surface area (Å²) in [4.78, 5) is 30.7. The molecule has 134 valence electrons. The highest BCUT2D eigenvalue weighted by Gasteiger charge is 2.32. The van der Waals surface area contributed by atoms with Crippen LogP contribution in [-0.4, -0.2) is 45.2 Å². The number of amides is 2. The highest BCUT2D eigenvalue weighted by atomic mass is 16.2. The first-order valence-corrected chi connectivity index (χ1v) is 8.80. The van der Waals surface area contributed by atoms with Crippen molar-refractivity contribution in [3.8, 4) is 0 Å². The van der Waals surface area contributed by atoms with Gasteiger partial charge in [0.2, 0.25) is 11.8 Å². The van der Waals surface area contributed by atoms with Crippen LogP contribution in [-0.2, 0) is 16.0 Å². The van der Waals surface area contributed by atoms with Gasteiger partial charge in [-0.05, 0) is 24.0 Å². The number of likely N-dealkylation sites (tertiary alicyclic amines) is 1. The van der Waals surface area contributed by atoms with E-state index in [1.165, 1.54) is 0 Å². The van der Waals surface area contributed by atoms with E-state index in [2.05, 4.69) is 31.1 Å². The molecule has 6 heteroatoms. The molecule has 3 heterocycles. The molecule has 0 saturated carbocycles. The number of carbonyl (C=O) groups is 2. The molecule has 0 spiro atoms. The van der Waals surface area contributed by atoms with E-state index in [1.54, 1.807) is 0 Å². The quantitative estimate of drug-likeness (QED) is 0.904. The number of aryl methyl sites for hydroxylation is 1. The van der Waals surface area contributed by atoms with Gasteiger partial charge >= 0.3 is 0 Å². The average molecular weight is 342 g/mol. The SMILES string of the molecule is CC(C)(C)CN1C[C@H](NC(=O)CCc2cn3ccccc3n2)CC1=O. The molecule has 1 N–H and O–H groups in total. The third-order valence-corrected chi connectivity index (χ3v) is 4.27. The van der Waals surface area contributed by atoms with Crippen LogP contribution in [0.15, 0.2) is 30.6 Å². The van der Waals surface area contributed by atoms with Gasteiger partial charge in [0.15, 0.2) is 0 Å². The minimum atomic E-state index is -0.0802. The molecule has 0 unspecified atom stereocenters. The van der Waals surface area contributed by atoms with Gasteiger partial charge in [-0.15, -0.1) is 0 Å². The highest BCUT2D eigenvalue weighted by molar-refractivity contribution is 5.82. The standard InChI is InChI=1S/C19H26N4O2/c1-19(2,3)13-23-12-15(10-18(23)25)21-17(24)8-7-14-11-22-9-5-4-6-16(22)20-14/h4-6,9,11,15H,7-8,10,12-13H2,1-3H3,(H,21,24)/t15-/m1/s1. The topological polar surface area (TPSA) is 66.7 Å². The van der Waals surface area contributed by atoms with Crippen molar-refractivity contribution in [2.75, 3.05) is 13.1 Å². The normalized spacial score (nSPS) is 18.1. The van der Waals surface area contributed by atoms with E-state index >= 15 is 0 Å². The number of hydrogen-bond acceptors (Lipinski definition) is 3. The summed E-state index contributed by atoms with van der Waals surface area (Å²) >= 11 is 0. The van der Waals surface area contributed by atoms with Crippen molar-refractivity contribution in [3.05, 3.63) is 36.3 Å². The van der Waals surface area contributed by atoms with Crippen molar-refractivity contribution in [2.45, 2.75) is 46.1 Å². The third kappa shape index (κ3) is 4.59. The lowest BCUT2D eigenvalue weighted by Crippen LogP contribution is -2.39. The Hall–Kier alpha value is -2.37. The molecule has 0 aromatic carbocycles. The van der Waals surface area contributed by atoms with Crippen molar-refractivity contribution < 1.29 is 9.59 Å². The molecule has 3 rings (SSSR count). The largest absolute Gasteiger partial charge is 0.351 e. The number of hydrogen-bond donors (Lipinski definition) is 1. The second-order valence-corrected chi connectivity index (χ2v) is 8.00. The zero-order valence-electron chi connectivity index (χ0n) is 15.2. The molecule has 2 amide bonds. The molecule has 2 aromatic rings. The second-order valence-electron chi connectivity index (χ2n) is 8.00. The van der Waals surface area contributed by atoms with E-state index < -0.39 is 0 Å². The fourth-order valence-corrected chi connectivity index (χ4v) is 3.24. The number of fused-ring (bicyclic) bond motifs is 1. The Morgan fingerprint density at radius 1 is 1.36 bits per heavy atom. The van der Waals surface area contributed by atoms with Gasteiger partial charge in [0.25, 0.3) is 0 Å². The van der Waals surface area contributed by atoms with Gasteiger partial charge in [0.1, 0.15) is 5.65 Å². The van der Waals surface area contributed by atoms with E-state index in [0.717, 1.165) is 17.9 Å². The number of nitrogens with one attached hydrogen (secondary N) is 1. The maximum Gasteiger partial charge on any atom is 0.224 e. The predicted molar refractivity (Wildman–Crippen MR) is 96.1 cm³/mol. The van der Waals surface area contributed by atoms with E-state index in [4.69, 9.17) is 0 Å². The summed E-state index contributed by atoms with van der Waals surface area (Å²) in [6, 6.07) is 5.76. The van der Waals surface area contributed by atoms with Gasteiger partial charge in [-0.2, -0.15) is 0 Å². The van der Waals surface area contributed by atoms with Gasteiger partial charge in [-0.3, -0.25) is 9.59 Å². The van der Waals surface area contributed by atoms with Crippen molar-refractivity contribution in [3.63, 3.8) is 0 Å². The van der Waals surface area contributed by atoms with Crippen LogP contribution in [0.25, 0.3) is 5.65 Å². The van der Waals surface area contributed by atoms with E-state index in [-0.39, 0.29) is 23.3 Å². The minimum absolute atomic E-state index is 0.0209. The molecule has 0 radical (unpaired) electrons. The molecule has 1 aliphatic heterocycles. The van der Waals surface area contributed by atoms with Crippen LogP contribution in [0.5, 0.6) is 0 Å². The third-order valence-electron chi connectivity index (χ3n) is 4.27. The number of nitrogens with zero attached hydrogens (tertiary/aromatic N) is 3. The van der Waals surface area contributed by atoms with Crippen LogP contribution < -0.4 is 5.32 Å². The first-order chi connectivity index (χ1) is 11.8. The molecular weight excluding hydrogens is 316 g/mol. The van der Waals surface area contributed by atoms with Crippen molar-refractivity contribution in [2.24, 2.45) is 5.41 Å². The molecule has 25 heavy (non-hydrogen) atoms. The van der Waals surface area contributed by atoms with Crippen LogP contribution in [0, 0.1) is 5.41 Å². The van der Waals surface area contributed by atoms with Crippen LogP contribution >= 0.6 is 0 Å². The summed E-state index contributed by atoms with van der Waals surface area (Å²) in [5.41, 5.74) is 1.85. The van der Waals surface area contributed by atoms with Crippen molar-refractivity contribution in [1.82, 2.24) is 19.6 Å². The lowest BCUT2D eigenvalue weighted by Gasteiger charge is -2.26. The van der Waals surface area contributed by atoms with E-state index in [0.29, 0.717) is 25.8 Å². The van der Waals surface area contributed by atoms with Crippen molar-refractivity contribution >= 4 is 17.5 Å². The molecular formula is C19H26N4O2. The van der Waals surface area contributed by atoms with Crippen LogP contribution in [0.1, 0.15) is 39.3 Å². The van der Waals surface area contributed by atoms with Crippen LogP contribution in [0.2, 0.25) is 0 Å². The fourth-order valence-electron chi connectivity index (χ4n) is 3.24. The number of pyridine rings is 1. The zero-order chi connectivity index (χ0) is 18.0. The van der Waals surface area contributed by atoms with Crippen LogP contribution in [0.3, 0.4) is 0 Å². The second kappa shape index (κ2) is 6.86. The Labute approximate surface area is 148 Å². The summed E-state index contributed by atoms with van der Waals surface area (Å²) in [5, 5.41) is 2.99. The average Bonchev–Trinajstić information content (AvgIpc) is 3.07. The summed E-state index contributed by atoms with van der Waals surface area (Å²) < 4.78 is 1.95. The van der Waals surface area contributed by atoms with Gasteiger partial charge in [-0.1, -0.05) is 26.8 Å². The summed E-state index contributed by atoms with van der Waals surface area (Å²) in [7, 11) is 0. The first kappa shape index (κ1) is 17.5. The van der Waals surface area contributed by atoms with E-state index in [1.807, 2.05) is 39.9 Å². The monoisotopic (exact) mass is 342 g/mol. The lowest BCUT2D eigenvalue weighted by molar-refractivity contribution is -0.128. The maximum absolute atomic E-state index is 12.2. The zero-order valence-corrected chi connectivity index (χ0v) is 15.2.